The molecule has 0 aliphatic heterocycles. The second-order valence-electron chi connectivity index (χ2n) is 5.78. The van der Waals surface area contributed by atoms with Crippen molar-refractivity contribution >= 4 is 5.52 Å². The van der Waals surface area contributed by atoms with Crippen LogP contribution in [0.25, 0.3) is 28.0 Å². The standard InChI is InChI=1S/C20H17N3/c1-14-9-11-16(12-10-14)19-18-8-3-4-13-23(18)22-20(19)17-7-5-6-15(2)21-17/h3-13H,1-2H3. The second kappa shape index (κ2) is 5.36. The summed E-state index contributed by atoms with van der Waals surface area (Å²) in [6.07, 6.45) is 1.98. The van der Waals surface area contributed by atoms with Gasteiger partial charge in [-0.3, -0.25) is 4.98 Å². The summed E-state index contributed by atoms with van der Waals surface area (Å²) in [5, 5.41) is 4.78. The highest BCUT2D eigenvalue weighted by Gasteiger charge is 2.16. The van der Waals surface area contributed by atoms with Crippen LogP contribution in [-0.2, 0) is 0 Å². The molecule has 0 bridgehead atoms. The van der Waals surface area contributed by atoms with Gasteiger partial charge in [0.2, 0.25) is 0 Å². The zero-order chi connectivity index (χ0) is 15.8. The van der Waals surface area contributed by atoms with Gasteiger partial charge in [0.05, 0.1) is 11.2 Å². The highest BCUT2D eigenvalue weighted by atomic mass is 15.2. The molecule has 4 aromatic rings. The van der Waals surface area contributed by atoms with Gasteiger partial charge in [-0.25, -0.2) is 4.52 Å². The third-order valence-corrected chi connectivity index (χ3v) is 4.01. The van der Waals surface area contributed by atoms with Crippen LogP contribution in [0.1, 0.15) is 11.3 Å². The monoisotopic (exact) mass is 299 g/mol. The van der Waals surface area contributed by atoms with Gasteiger partial charge < -0.3 is 0 Å². The lowest BCUT2D eigenvalue weighted by atomic mass is 10.0. The Labute approximate surface area is 135 Å². The van der Waals surface area contributed by atoms with E-state index >= 15 is 0 Å². The van der Waals surface area contributed by atoms with Gasteiger partial charge in [0, 0.05) is 17.5 Å². The number of hydrogen-bond acceptors (Lipinski definition) is 2. The zero-order valence-electron chi connectivity index (χ0n) is 13.2. The van der Waals surface area contributed by atoms with Gasteiger partial charge in [0.25, 0.3) is 0 Å². The molecule has 4 rings (SSSR count). The van der Waals surface area contributed by atoms with Gasteiger partial charge in [0.15, 0.2) is 0 Å². The number of nitrogens with zero attached hydrogens (tertiary/aromatic N) is 3. The molecule has 1 aromatic carbocycles. The van der Waals surface area contributed by atoms with Gasteiger partial charge in [-0.15, -0.1) is 0 Å². The first kappa shape index (κ1) is 13.7. The van der Waals surface area contributed by atoms with Crippen molar-refractivity contribution in [3.63, 3.8) is 0 Å². The van der Waals surface area contributed by atoms with Crippen LogP contribution in [0.5, 0.6) is 0 Å². The summed E-state index contributed by atoms with van der Waals surface area (Å²) in [6.45, 7) is 4.10. The lowest BCUT2D eigenvalue weighted by molar-refractivity contribution is 0.961. The molecule has 3 heteroatoms. The Morgan fingerprint density at radius 3 is 2.43 bits per heavy atom. The van der Waals surface area contributed by atoms with E-state index in [0.717, 1.165) is 33.7 Å². The normalized spacial score (nSPS) is 11.0. The van der Waals surface area contributed by atoms with Crippen LogP contribution in [0.15, 0.2) is 66.9 Å². The summed E-state index contributed by atoms with van der Waals surface area (Å²) < 4.78 is 1.93. The highest BCUT2D eigenvalue weighted by molar-refractivity contribution is 5.91. The Morgan fingerprint density at radius 2 is 1.65 bits per heavy atom. The minimum atomic E-state index is 0.907. The number of pyridine rings is 2. The second-order valence-corrected chi connectivity index (χ2v) is 5.78. The topological polar surface area (TPSA) is 30.2 Å². The molecule has 0 amide bonds. The molecule has 0 spiro atoms. The maximum absolute atomic E-state index is 4.78. The van der Waals surface area contributed by atoms with E-state index in [0.29, 0.717) is 0 Å². The van der Waals surface area contributed by atoms with E-state index in [1.54, 1.807) is 0 Å². The number of hydrogen-bond donors (Lipinski definition) is 0. The van der Waals surface area contributed by atoms with Crippen LogP contribution in [0.2, 0.25) is 0 Å². The van der Waals surface area contributed by atoms with Crippen molar-refractivity contribution in [1.29, 1.82) is 0 Å². The number of benzene rings is 1. The number of aryl methyl sites for hydroxylation is 2. The van der Waals surface area contributed by atoms with Gasteiger partial charge in [-0.2, -0.15) is 5.10 Å². The van der Waals surface area contributed by atoms with Crippen molar-refractivity contribution in [2.75, 3.05) is 0 Å². The SMILES string of the molecule is Cc1ccc(-c2c(-c3cccc(C)n3)nn3ccccc23)cc1. The van der Waals surface area contributed by atoms with Gasteiger partial charge in [-0.05, 0) is 43.7 Å². The molecule has 3 nitrogen and oxygen atoms in total. The average Bonchev–Trinajstić information content (AvgIpc) is 2.95. The Morgan fingerprint density at radius 1 is 0.826 bits per heavy atom. The summed E-state index contributed by atoms with van der Waals surface area (Å²) in [4.78, 5) is 4.67. The molecule has 3 aromatic heterocycles. The van der Waals surface area contributed by atoms with Gasteiger partial charge in [0.1, 0.15) is 5.69 Å². The van der Waals surface area contributed by atoms with E-state index < -0.39 is 0 Å². The van der Waals surface area contributed by atoms with Gasteiger partial charge in [-0.1, -0.05) is 42.0 Å². The number of fused-ring (bicyclic) bond motifs is 1. The summed E-state index contributed by atoms with van der Waals surface area (Å²) in [6, 6.07) is 20.8. The lowest BCUT2D eigenvalue weighted by Crippen LogP contribution is -1.89. The predicted molar refractivity (Wildman–Crippen MR) is 93.3 cm³/mol. The first-order valence-corrected chi connectivity index (χ1v) is 7.71. The largest absolute Gasteiger partial charge is 0.251 e. The summed E-state index contributed by atoms with van der Waals surface area (Å²) in [5.74, 6) is 0. The molecule has 0 aliphatic rings. The Bertz CT molecular complexity index is 981. The quantitative estimate of drug-likeness (QED) is 0.538. The molecule has 0 radical (unpaired) electrons. The molecule has 3 heterocycles. The minimum absolute atomic E-state index is 0.907. The predicted octanol–water partition coefficient (Wildman–Crippen LogP) is 4.68. The summed E-state index contributed by atoms with van der Waals surface area (Å²) in [5.41, 5.74) is 7.45. The molecule has 0 saturated carbocycles. The average molecular weight is 299 g/mol. The van der Waals surface area contributed by atoms with Crippen LogP contribution in [0.4, 0.5) is 0 Å². The highest BCUT2D eigenvalue weighted by Crippen LogP contribution is 2.34. The van der Waals surface area contributed by atoms with Crippen molar-refractivity contribution in [2.24, 2.45) is 0 Å². The molecule has 0 fully saturated rings. The smallest absolute Gasteiger partial charge is 0.120 e. The Hall–Kier alpha value is -2.94. The third kappa shape index (κ3) is 2.40. The molecular formula is C20H17N3. The van der Waals surface area contributed by atoms with Crippen molar-refractivity contribution in [3.8, 4) is 22.5 Å². The molecule has 0 N–H and O–H groups in total. The molecule has 0 atom stereocenters. The summed E-state index contributed by atoms with van der Waals surface area (Å²) >= 11 is 0. The first-order valence-electron chi connectivity index (χ1n) is 7.71. The van der Waals surface area contributed by atoms with Crippen LogP contribution >= 0.6 is 0 Å². The van der Waals surface area contributed by atoms with Crippen LogP contribution < -0.4 is 0 Å². The maximum Gasteiger partial charge on any atom is 0.120 e. The van der Waals surface area contributed by atoms with Crippen LogP contribution in [0, 0.1) is 13.8 Å². The maximum atomic E-state index is 4.78. The number of aromatic nitrogens is 3. The van der Waals surface area contributed by atoms with E-state index in [4.69, 9.17) is 5.10 Å². The minimum Gasteiger partial charge on any atom is -0.251 e. The fraction of sp³-hybridized carbons (Fsp3) is 0.100. The van der Waals surface area contributed by atoms with E-state index in [-0.39, 0.29) is 0 Å². The van der Waals surface area contributed by atoms with Crippen molar-refractivity contribution < 1.29 is 0 Å². The fourth-order valence-corrected chi connectivity index (χ4v) is 2.86. The summed E-state index contributed by atoms with van der Waals surface area (Å²) in [7, 11) is 0. The Balaban J connectivity index is 2.04. The molecule has 23 heavy (non-hydrogen) atoms. The van der Waals surface area contributed by atoms with E-state index in [2.05, 4.69) is 42.2 Å². The lowest BCUT2D eigenvalue weighted by Gasteiger charge is -2.05. The molecule has 0 saturated heterocycles. The molecule has 0 aliphatic carbocycles. The van der Waals surface area contributed by atoms with Gasteiger partial charge >= 0.3 is 0 Å². The van der Waals surface area contributed by atoms with E-state index in [9.17, 15) is 0 Å². The molecule has 0 unspecified atom stereocenters. The first-order chi connectivity index (χ1) is 11.2. The van der Waals surface area contributed by atoms with Crippen molar-refractivity contribution in [2.45, 2.75) is 13.8 Å². The van der Waals surface area contributed by atoms with E-state index in [1.807, 2.05) is 48.0 Å². The van der Waals surface area contributed by atoms with Crippen molar-refractivity contribution in [1.82, 2.24) is 14.6 Å². The Kier molecular flexibility index (Phi) is 3.19. The zero-order valence-corrected chi connectivity index (χ0v) is 13.2. The van der Waals surface area contributed by atoms with Crippen molar-refractivity contribution in [3.05, 3.63) is 78.1 Å². The van der Waals surface area contributed by atoms with Crippen LogP contribution in [0.3, 0.4) is 0 Å². The number of rotatable bonds is 2. The van der Waals surface area contributed by atoms with E-state index in [1.165, 1.54) is 5.56 Å². The molecule has 112 valence electrons. The van der Waals surface area contributed by atoms with Crippen LogP contribution in [-0.4, -0.2) is 14.6 Å². The fourth-order valence-electron chi connectivity index (χ4n) is 2.86. The molecular weight excluding hydrogens is 282 g/mol. The third-order valence-electron chi connectivity index (χ3n) is 4.01.